The first kappa shape index (κ1) is 141. The van der Waals surface area contributed by atoms with Gasteiger partial charge in [0.15, 0.2) is 0 Å². The van der Waals surface area contributed by atoms with E-state index in [1.807, 2.05) is 50.2 Å². The normalized spacial score (nSPS) is 17.4. The average molecular weight is 2040 g/mol. The van der Waals surface area contributed by atoms with Gasteiger partial charge in [-0.15, -0.1) is 0 Å². The van der Waals surface area contributed by atoms with Crippen LogP contribution in [0.5, 0.6) is 0 Å². The molecule has 854 valence electrons. The summed E-state index contributed by atoms with van der Waals surface area (Å²) in [6.07, 6.45) is 3.51. The lowest BCUT2D eigenvalue weighted by atomic mass is 10.00. The van der Waals surface area contributed by atoms with Crippen molar-refractivity contribution in [3.63, 3.8) is 0 Å². The predicted molar refractivity (Wildman–Crippen MR) is 583 cm³/mol. The summed E-state index contributed by atoms with van der Waals surface area (Å²) in [6, 6.07) is 1.75. The minimum absolute atomic E-state index is 0.0556. The molecule has 0 spiro atoms. The molecule has 0 saturated carbocycles. The number of hydrogen-bond donors (Lipinski definition) is 20. The Kier molecular flexibility index (Phi) is 82.6. The molecule has 20 unspecified atom stereocenters. The van der Waals surface area contributed by atoms with Crippen molar-refractivity contribution in [2.24, 2.45) is 29.6 Å². The van der Waals surface area contributed by atoms with E-state index in [1.54, 1.807) is 0 Å². The first-order valence-electron chi connectivity index (χ1n) is 57.6. The van der Waals surface area contributed by atoms with Gasteiger partial charge in [-0.1, -0.05) is 76.2 Å². The third kappa shape index (κ3) is 76.3. The SMILES string of the molecule is CCC(O)CCCC(O)CN(CCN(CC(O)CCCC(O)CC(C)C)CC(O)CCCC(O)CC(C)C)CC(O)CCCC(O)CN(CCN(CC(O)CCCC(O)CN(CCN(CC(O)CCCC(O)CC(C)C)CC(O)CCCC(O)N(CCN(C(C)C)C(C)C)C(C)C)CC(O)CCCC(O)C(C)C)CC(O)CCCC(O)CN(CCN(C(C)C)C(C)C)C(C)C)CC(O)CCCC(O)CC(C)C. The number of nitrogens with zero attached hydrogens (tertiary/aromatic N) is 10. The minimum Gasteiger partial charge on any atom is -0.393 e. The molecular weight excluding hydrogens is 1810 g/mol. The summed E-state index contributed by atoms with van der Waals surface area (Å²) in [6.45, 7) is 56.7. The van der Waals surface area contributed by atoms with Gasteiger partial charge in [-0.25, -0.2) is 0 Å². The highest BCUT2D eigenvalue weighted by molar-refractivity contribution is 4.85. The molecule has 20 N–H and O–H groups in total. The van der Waals surface area contributed by atoms with Gasteiger partial charge in [0.25, 0.3) is 0 Å². The van der Waals surface area contributed by atoms with Crippen molar-refractivity contribution in [3.8, 4) is 0 Å². The van der Waals surface area contributed by atoms with E-state index in [1.165, 1.54) is 0 Å². The summed E-state index contributed by atoms with van der Waals surface area (Å²) in [4.78, 5) is 21.5. The van der Waals surface area contributed by atoms with Crippen LogP contribution in [0.4, 0.5) is 0 Å². The van der Waals surface area contributed by atoms with Crippen LogP contribution in [0.25, 0.3) is 0 Å². The largest absolute Gasteiger partial charge is 0.393 e. The molecule has 0 radical (unpaired) electrons. The Morgan fingerprint density at radius 1 is 0.162 bits per heavy atom. The molecule has 0 aliphatic rings. The Bertz CT molecular complexity index is 2780. The Morgan fingerprint density at radius 3 is 0.514 bits per heavy atom. The van der Waals surface area contributed by atoms with Gasteiger partial charge in [0.05, 0.1) is 116 Å². The molecule has 0 aromatic rings. The molecule has 0 fully saturated rings. The van der Waals surface area contributed by atoms with Crippen LogP contribution in [0, 0.1) is 29.6 Å². The van der Waals surface area contributed by atoms with Crippen molar-refractivity contribution in [1.29, 1.82) is 0 Å². The quantitative estimate of drug-likeness (QED) is 0.0252. The molecule has 0 rings (SSSR count). The topological polar surface area (TPSA) is 437 Å². The number of aliphatic hydroxyl groups excluding tert-OH is 20. The molecule has 30 nitrogen and oxygen atoms in total. The van der Waals surface area contributed by atoms with Crippen LogP contribution in [0.3, 0.4) is 0 Å². The second kappa shape index (κ2) is 83.3. The van der Waals surface area contributed by atoms with Gasteiger partial charge in [-0.2, -0.15) is 0 Å². The molecule has 0 bridgehead atoms. The summed E-state index contributed by atoms with van der Waals surface area (Å²) in [5, 5.41) is 230. The molecule has 0 aromatic carbocycles. The van der Waals surface area contributed by atoms with Crippen LogP contribution in [-0.2, 0) is 0 Å². The molecule has 0 aliphatic heterocycles. The zero-order valence-electron chi connectivity index (χ0n) is 95.3. The van der Waals surface area contributed by atoms with Crippen molar-refractivity contribution in [3.05, 3.63) is 0 Å². The summed E-state index contributed by atoms with van der Waals surface area (Å²) >= 11 is 0. The number of hydrogen-bond acceptors (Lipinski definition) is 30. The maximum Gasteiger partial charge on any atom is 0.107 e. The Labute approximate surface area is 869 Å². The van der Waals surface area contributed by atoms with Crippen molar-refractivity contribution in [2.75, 3.05) is 151 Å². The zero-order valence-corrected chi connectivity index (χ0v) is 95.3. The minimum atomic E-state index is -0.921. The van der Waals surface area contributed by atoms with Crippen molar-refractivity contribution in [2.45, 2.75) is 542 Å². The van der Waals surface area contributed by atoms with E-state index < -0.39 is 122 Å². The molecule has 0 heterocycles. The fourth-order valence-electron chi connectivity index (χ4n) is 20.6. The van der Waals surface area contributed by atoms with Gasteiger partial charge < -0.3 is 102 Å². The molecule has 30 heteroatoms. The van der Waals surface area contributed by atoms with Crippen LogP contribution in [0.1, 0.15) is 384 Å². The number of rotatable bonds is 98. The van der Waals surface area contributed by atoms with E-state index in [2.05, 4.69) is 158 Å². The monoisotopic (exact) mass is 2040 g/mol. The molecule has 142 heavy (non-hydrogen) atoms. The molecule has 0 amide bonds. The third-order valence-corrected chi connectivity index (χ3v) is 28.8. The van der Waals surface area contributed by atoms with E-state index in [0.717, 1.165) is 19.6 Å². The van der Waals surface area contributed by atoms with Gasteiger partial charge in [0, 0.05) is 187 Å². The standard InChI is InChI=1S/C112H236N10O20/c1-24-93(123)35-25-40-98(128)69-113(55-56-114(70-99(129)41-26-36-94(124)65-82(2)3)71-100(130)42-27-37-95(125)66-83(4)5)74-103(133)45-30-46-104(134)75-115(72-101(131)43-28-38-96(126)67-84(6)7)57-58-116(78-107(137)49-32-50-110(140)81-119(87(12)13)61-62-120(88(14)15)89(16)17)76-105(135)47-31-48-106(136)77-117(79-108(138)51-33-53-111(141)86(10)11)59-60-118(73-102(132)44-29-39-97(127)68-85(8)9)80-109(139)52-34-54-112(142)122(92(22)23)64-63-121(90(18)19)91(20)21/h82-112,123-142H,24-81H2,1-23H3. The van der Waals surface area contributed by atoms with Gasteiger partial charge in [-0.3, -0.25) is 49.0 Å². The van der Waals surface area contributed by atoms with Crippen molar-refractivity contribution >= 4 is 0 Å². The lowest BCUT2D eigenvalue weighted by Gasteiger charge is -2.36. The highest BCUT2D eigenvalue weighted by atomic mass is 16.3. The third-order valence-electron chi connectivity index (χ3n) is 28.8. The van der Waals surface area contributed by atoms with Crippen LogP contribution < -0.4 is 0 Å². The highest BCUT2D eigenvalue weighted by Crippen LogP contribution is 2.25. The van der Waals surface area contributed by atoms with Crippen LogP contribution in [0.15, 0.2) is 0 Å². The van der Waals surface area contributed by atoms with E-state index in [4.69, 9.17) is 0 Å². The second-order valence-electron chi connectivity index (χ2n) is 47.6. The molecular formula is C112H236N10O20. The van der Waals surface area contributed by atoms with E-state index in [9.17, 15) is 102 Å². The van der Waals surface area contributed by atoms with E-state index >= 15 is 0 Å². The maximum atomic E-state index is 12.2. The summed E-state index contributed by atoms with van der Waals surface area (Å²) in [5.41, 5.74) is 0. The molecule has 0 aliphatic carbocycles. The Balaban J connectivity index is 7.55. The lowest BCUT2D eigenvalue weighted by molar-refractivity contribution is -0.0332. The van der Waals surface area contributed by atoms with Gasteiger partial charge in [0.2, 0.25) is 0 Å². The Morgan fingerprint density at radius 2 is 0.331 bits per heavy atom. The van der Waals surface area contributed by atoms with E-state index in [0.29, 0.717) is 319 Å². The second-order valence-corrected chi connectivity index (χ2v) is 47.6. The number of aliphatic hydroxyl groups is 20. The lowest BCUT2D eigenvalue weighted by Crippen LogP contribution is -2.48. The van der Waals surface area contributed by atoms with Gasteiger partial charge in [-0.05, 0) is 337 Å². The van der Waals surface area contributed by atoms with Crippen molar-refractivity contribution < 1.29 is 102 Å². The predicted octanol–water partition coefficient (Wildman–Crippen LogP) is 10.6. The van der Waals surface area contributed by atoms with Crippen LogP contribution in [-0.4, -0.2) is 460 Å². The van der Waals surface area contributed by atoms with Gasteiger partial charge in [0.1, 0.15) is 6.23 Å². The van der Waals surface area contributed by atoms with Crippen LogP contribution >= 0.6 is 0 Å². The molecule has 20 atom stereocenters. The fraction of sp³-hybridized carbons (Fsp3) is 1.00. The van der Waals surface area contributed by atoms with Crippen molar-refractivity contribution in [1.82, 2.24) is 49.0 Å². The fourth-order valence-corrected chi connectivity index (χ4v) is 20.6. The molecule has 0 aromatic heterocycles. The van der Waals surface area contributed by atoms with Gasteiger partial charge >= 0.3 is 0 Å². The summed E-state index contributed by atoms with van der Waals surface area (Å²) < 4.78 is 0. The Hall–Kier alpha value is -1.20. The molecule has 0 saturated heterocycles. The summed E-state index contributed by atoms with van der Waals surface area (Å²) in [5.74, 6) is 1.35. The average Bonchev–Trinajstić information content (AvgIpc) is 0.894. The van der Waals surface area contributed by atoms with E-state index in [-0.39, 0.29) is 103 Å². The smallest absolute Gasteiger partial charge is 0.107 e. The first-order chi connectivity index (χ1) is 66.7. The maximum absolute atomic E-state index is 12.2. The van der Waals surface area contributed by atoms with Crippen LogP contribution in [0.2, 0.25) is 0 Å². The zero-order chi connectivity index (χ0) is 108. The first-order valence-corrected chi connectivity index (χ1v) is 57.6. The summed E-state index contributed by atoms with van der Waals surface area (Å²) in [7, 11) is 0. The highest BCUT2D eigenvalue weighted by Gasteiger charge is 2.31.